The van der Waals surface area contributed by atoms with Crippen molar-refractivity contribution in [2.45, 2.75) is 13.8 Å². The summed E-state index contributed by atoms with van der Waals surface area (Å²) < 4.78 is 5.37. The average molecular weight is 245 g/mol. The molecule has 1 amide bonds. The molecule has 2 rings (SSSR count). The summed E-state index contributed by atoms with van der Waals surface area (Å²) in [5.74, 6) is 0.550. The lowest BCUT2D eigenvalue weighted by molar-refractivity contribution is 0.102. The monoisotopic (exact) mass is 245 g/mol. The van der Waals surface area contributed by atoms with Gasteiger partial charge in [0.15, 0.2) is 0 Å². The van der Waals surface area contributed by atoms with Crippen LogP contribution in [0.15, 0.2) is 30.5 Å². The molecule has 0 saturated heterocycles. The third-order valence-electron chi connectivity index (χ3n) is 2.48. The van der Waals surface area contributed by atoms with Crippen molar-refractivity contribution >= 4 is 11.6 Å². The fraction of sp³-hybridized carbons (Fsp3) is 0.231. The number of nitrogens with one attached hydrogen (secondary N) is 2. The second kappa shape index (κ2) is 5.35. The van der Waals surface area contributed by atoms with Crippen LogP contribution in [0, 0.1) is 6.92 Å². The highest BCUT2D eigenvalue weighted by Gasteiger charge is 2.10. The molecule has 0 radical (unpaired) electrons. The number of rotatable bonds is 4. The highest BCUT2D eigenvalue weighted by Crippen LogP contribution is 2.18. The first-order chi connectivity index (χ1) is 8.70. The molecule has 94 valence electrons. The Morgan fingerprint density at radius 3 is 3.00 bits per heavy atom. The number of aryl methyl sites for hydroxylation is 1. The van der Waals surface area contributed by atoms with Crippen LogP contribution >= 0.6 is 0 Å². The van der Waals surface area contributed by atoms with Crippen molar-refractivity contribution < 1.29 is 9.53 Å². The maximum atomic E-state index is 12.0. The summed E-state index contributed by atoms with van der Waals surface area (Å²) >= 11 is 0. The molecule has 0 aliphatic carbocycles. The Hall–Kier alpha value is -2.30. The van der Waals surface area contributed by atoms with E-state index in [0.29, 0.717) is 17.9 Å². The van der Waals surface area contributed by atoms with Gasteiger partial charge in [0.25, 0.3) is 5.91 Å². The second-order valence-electron chi connectivity index (χ2n) is 3.82. The Bertz CT molecular complexity index is 549. The number of aromatic nitrogens is 2. The minimum Gasteiger partial charge on any atom is -0.494 e. The van der Waals surface area contributed by atoms with Crippen LogP contribution in [0.3, 0.4) is 0 Å². The predicted molar refractivity (Wildman–Crippen MR) is 68.9 cm³/mol. The van der Waals surface area contributed by atoms with Gasteiger partial charge in [0.05, 0.1) is 18.4 Å². The third kappa shape index (κ3) is 2.68. The lowest BCUT2D eigenvalue weighted by Crippen LogP contribution is -2.12. The summed E-state index contributed by atoms with van der Waals surface area (Å²) in [5.41, 5.74) is 1.98. The number of H-pyrrole nitrogens is 1. The van der Waals surface area contributed by atoms with Gasteiger partial charge in [-0.1, -0.05) is 6.07 Å². The molecule has 0 unspecified atom stereocenters. The van der Waals surface area contributed by atoms with Crippen LogP contribution < -0.4 is 10.1 Å². The molecule has 0 atom stereocenters. The molecular formula is C13H15N3O2. The van der Waals surface area contributed by atoms with E-state index in [1.807, 2.05) is 25.1 Å². The SMILES string of the molecule is CCOc1cccc(NC(=O)c2cn[nH]c2C)c1. The van der Waals surface area contributed by atoms with Crippen LogP contribution in [0.5, 0.6) is 5.75 Å². The average Bonchev–Trinajstić information content (AvgIpc) is 2.76. The molecule has 0 spiro atoms. The molecule has 1 heterocycles. The van der Waals surface area contributed by atoms with E-state index < -0.39 is 0 Å². The van der Waals surface area contributed by atoms with Crippen molar-refractivity contribution in [1.82, 2.24) is 10.2 Å². The smallest absolute Gasteiger partial charge is 0.259 e. The van der Waals surface area contributed by atoms with Crippen LogP contribution in [0.1, 0.15) is 23.0 Å². The summed E-state index contributed by atoms with van der Waals surface area (Å²) in [6.45, 7) is 4.32. The highest BCUT2D eigenvalue weighted by atomic mass is 16.5. The molecule has 1 aromatic heterocycles. The Balaban J connectivity index is 2.12. The fourth-order valence-electron chi connectivity index (χ4n) is 1.61. The second-order valence-corrected chi connectivity index (χ2v) is 3.82. The van der Waals surface area contributed by atoms with Gasteiger partial charge in [-0.3, -0.25) is 9.89 Å². The molecule has 2 N–H and O–H groups in total. The quantitative estimate of drug-likeness (QED) is 0.869. The number of nitrogens with zero attached hydrogens (tertiary/aromatic N) is 1. The van der Waals surface area contributed by atoms with Crippen molar-refractivity contribution in [3.63, 3.8) is 0 Å². The number of amides is 1. The van der Waals surface area contributed by atoms with Crippen LogP contribution in [0.2, 0.25) is 0 Å². The number of carbonyl (C=O) groups is 1. The maximum absolute atomic E-state index is 12.0. The van der Waals surface area contributed by atoms with E-state index in [9.17, 15) is 4.79 Å². The van der Waals surface area contributed by atoms with E-state index in [1.165, 1.54) is 6.20 Å². The molecule has 2 aromatic rings. The summed E-state index contributed by atoms with van der Waals surface area (Å²) in [5, 5.41) is 9.36. The number of aromatic amines is 1. The van der Waals surface area contributed by atoms with Gasteiger partial charge in [0.1, 0.15) is 5.75 Å². The van der Waals surface area contributed by atoms with Gasteiger partial charge in [0.2, 0.25) is 0 Å². The Morgan fingerprint density at radius 2 is 2.33 bits per heavy atom. The van der Waals surface area contributed by atoms with E-state index in [-0.39, 0.29) is 5.91 Å². The fourth-order valence-corrected chi connectivity index (χ4v) is 1.61. The first kappa shape index (κ1) is 12.2. The number of carbonyl (C=O) groups excluding carboxylic acids is 1. The van der Waals surface area contributed by atoms with Gasteiger partial charge >= 0.3 is 0 Å². The van der Waals surface area contributed by atoms with Crippen LogP contribution in [0.25, 0.3) is 0 Å². The molecule has 1 aromatic carbocycles. The maximum Gasteiger partial charge on any atom is 0.259 e. The predicted octanol–water partition coefficient (Wildman–Crippen LogP) is 2.37. The van der Waals surface area contributed by atoms with Crippen molar-refractivity contribution in [2.24, 2.45) is 0 Å². The van der Waals surface area contributed by atoms with Crippen LogP contribution in [0.4, 0.5) is 5.69 Å². The first-order valence-corrected chi connectivity index (χ1v) is 5.75. The summed E-state index contributed by atoms with van der Waals surface area (Å²) in [6, 6.07) is 7.29. The Morgan fingerprint density at radius 1 is 1.50 bits per heavy atom. The van der Waals surface area contributed by atoms with E-state index in [4.69, 9.17) is 4.74 Å². The zero-order chi connectivity index (χ0) is 13.0. The molecular weight excluding hydrogens is 230 g/mol. The first-order valence-electron chi connectivity index (χ1n) is 5.75. The standard InChI is InChI=1S/C13H15N3O2/c1-3-18-11-6-4-5-10(7-11)15-13(17)12-8-14-16-9(12)2/h4-8H,3H2,1-2H3,(H,14,16)(H,15,17). The normalized spacial score (nSPS) is 10.1. The number of anilines is 1. The zero-order valence-corrected chi connectivity index (χ0v) is 10.4. The number of hydrogen-bond acceptors (Lipinski definition) is 3. The molecule has 5 nitrogen and oxygen atoms in total. The van der Waals surface area contributed by atoms with E-state index >= 15 is 0 Å². The third-order valence-corrected chi connectivity index (χ3v) is 2.48. The number of benzene rings is 1. The van der Waals surface area contributed by atoms with Gasteiger partial charge in [-0.15, -0.1) is 0 Å². The summed E-state index contributed by atoms with van der Waals surface area (Å²) in [7, 11) is 0. The van der Waals surface area contributed by atoms with E-state index in [0.717, 1.165) is 11.4 Å². The van der Waals surface area contributed by atoms with Crippen molar-refractivity contribution in [3.8, 4) is 5.75 Å². The minimum absolute atomic E-state index is 0.185. The Kier molecular flexibility index (Phi) is 3.62. The summed E-state index contributed by atoms with van der Waals surface area (Å²) in [4.78, 5) is 12.0. The van der Waals surface area contributed by atoms with Crippen molar-refractivity contribution in [1.29, 1.82) is 0 Å². The van der Waals surface area contributed by atoms with Gasteiger partial charge in [0, 0.05) is 17.4 Å². The van der Waals surface area contributed by atoms with Crippen molar-refractivity contribution in [3.05, 3.63) is 41.7 Å². The molecule has 18 heavy (non-hydrogen) atoms. The van der Waals surface area contributed by atoms with E-state index in [2.05, 4.69) is 15.5 Å². The van der Waals surface area contributed by atoms with Gasteiger partial charge in [-0.05, 0) is 26.0 Å². The number of hydrogen-bond donors (Lipinski definition) is 2. The molecule has 0 bridgehead atoms. The molecule has 0 saturated carbocycles. The van der Waals surface area contributed by atoms with E-state index in [1.54, 1.807) is 13.0 Å². The van der Waals surface area contributed by atoms with Gasteiger partial charge < -0.3 is 10.1 Å². The Labute approximate surface area is 105 Å². The molecule has 0 aliphatic rings. The van der Waals surface area contributed by atoms with Gasteiger partial charge in [-0.2, -0.15) is 5.10 Å². The molecule has 0 aliphatic heterocycles. The summed E-state index contributed by atoms with van der Waals surface area (Å²) in [6.07, 6.45) is 1.51. The minimum atomic E-state index is -0.185. The largest absolute Gasteiger partial charge is 0.494 e. The lowest BCUT2D eigenvalue weighted by atomic mass is 10.2. The molecule has 5 heteroatoms. The van der Waals surface area contributed by atoms with Crippen LogP contribution in [-0.4, -0.2) is 22.7 Å². The van der Waals surface area contributed by atoms with Crippen LogP contribution in [-0.2, 0) is 0 Å². The lowest BCUT2D eigenvalue weighted by Gasteiger charge is -2.07. The zero-order valence-electron chi connectivity index (χ0n) is 10.4. The highest BCUT2D eigenvalue weighted by molar-refractivity contribution is 6.04. The number of ether oxygens (including phenoxy) is 1. The topological polar surface area (TPSA) is 67.0 Å². The van der Waals surface area contributed by atoms with Gasteiger partial charge in [-0.25, -0.2) is 0 Å². The molecule has 0 fully saturated rings. The van der Waals surface area contributed by atoms with Crippen molar-refractivity contribution in [2.75, 3.05) is 11.9 Å².